The number of nitrogens with zero attached hydrogens (tertiary/aromatic N) is 3. The summed E-state index contributed by atoms with van der Waals surface area (Å²) in [7, 11) is 1.80. The van der Waals surface area contributed by atoms with Crippen LogP contribution in [0.5, 0.6) is 0 Å². The molecule has 33 heavy (non-hydrogen) atoms. The van der Waals surface area contributed by atoms with E-state index in [1.807, 2.05) is 42.2 Å². The van der Waals surface area contributed by atoms with Crippen molar-refractivity contribution in [3.63, 3.8) is 0 Å². The first-order chi connectivity index (χ1) is 15.9. The van der Waals surface area contributed by atoms with E-state index < -0.39 is 0 Å². The number of hydrogen-bond acceptors (Lipinski definition) is 3. The van der Waals surface area contributed by atoms with Crippen LogP contribution in [0.25, 0.3) is 0 Å². The van der Waals surface area contributed by atoms with Gasteiger partial charge in [0.2, 0.25) is 5.91 Å². The number of anilines is 1. The summed E-state index contributed by atoms with van der Waals surface area (Å²) < 4.78 is 14.8. The maximum absolute atomic E-state index is 13.1. The number of aryl methyl sites for hydroxylation is 1. The first-order valence-electron chi connectivity index (χ1n) is 11.3. The number of aromatic nitrogens is 2. The van der Waals surface area contributed by atoms with Gasteiger partial charge in [0.1, 0.15) is 5.82 Å². The molecule has 7 heteroatoms. The summed E-state index contributed by atoms with van der Waals surface area (Å²) in [5.74, 6) is -0.238. The quantitative estimate of drug-likeness (QED) is 0.608. The van der Waals surface area contributed by atoms with Gasteiger partial charge >= 0.3 is 0 Å². The summed E-state index contributed by atoms with van der Waals surface area (Å²) in [5.41, 5.74) is 2.85. The highest BCUT2D eigenvalue weighted by Crippen LogP contribution is 2.26. The molecule has 4 rings (SSSR count). The Balaban J connectivity index is 1.35. The molecule has 6 nitrogen and oxygen atoms in total. The summed E-state index contributed by atoms with van der Waals surface area (Å²) in [6.07, 6.45) is 4.16. The summed E-state index contributed by atoms with van der Waals surface area (Å²) in [4.78, 5) is 27.7. The largest absolute Gasteiger partial charge is 0.342 e. The fourth-order valence-corrected chi connectivity index (χ4v) is 4.40. The molecule has 1 fully saturated rings. The van der Waals surface area contributed by atoms with E-state index in [9.17, 15) is 14.0 Å². The SMILES string of the molecule is C[C@@H](C(=O)N1CCC(Cc2nn(C)cc2C(=O)Nc2ccc(F)cc2)CC1)c1ccccc1. The van der Waals surface area contributed by atoms with E-state index >= 15 is 0 Å². The number of piperidine rings is 1. The highest BCUT2D eigenvalue weighted by Gasteiger charge is 2.28. The summed E-state index contributed by atoms with van der Waals surface area (Å²) in [6, 6.07) is 15.6. The van der Waals surface area contributed by atoms with Gasteiger partial charge in [-0.05, 0) is 61.9 Å². The van der Waals surface area contributed by atoms with Crippen LogP contribution in [0.4, 0.5) is 10.1 Å². The number of carbonyl (C=O) groups is 2. The van der Waals surface area contributed by atoms with Gasteiger partial charge in [-0.25, -0.2) is 4.39 Å². The van der Waals surface area contributed by atoms with Crippen molar-refractivity contribution >= 4 is 17.5 Å². The van der Waals surface area contributed by atoms with E-state index in [0.29, 0.717) is 36.7 Å². The highest BCUT2D eigenvalue weighted by atomic mass is 19.1. The van der Waals surface area contributed by atoms with Crippen molar-refractivity contribution in [2.75, 3.05) is 18.4 Å². The van der Waals surface area contributed by atoms with Crippen LogP contribution in [0.15, 0.2) is 60.8 Å². The molecular formula is C26H29FN4O2. The molecule has 1 aliphatic heterocycles. The summed E-state index contributed by atoms with van der Waals surface area (Å²) in [6.45, 7) is 3.39. The molecule has 1 N–H and O–H groups in total. The third-order valence-electron chi connectivity index (χ3n) is 6.33. The first-order valence-corrected chi connectivity index (χ1v) is 11.3. The van der Waals surface area contributed by atoms with Gasteiger partial charge in [0.15, 0.2) is 0 Å². The molecule has 172 valence electrons. The average molecular weight is 449 g/mol. The minimum Gasteiger partial charge on any atom is -0.342 e. The van der Waals surface area contributed by atoms with E-state index in [1.54, 1.807) is 17.9 Å². The summed E-state index contributed by atoms with van der Waals surface area (Å²) in [5, 5.41) is 7.33. The van der Waals surface area contributed by atoms with Gasteiger partial charge in [-0.3, -0.25) is 14.3 Å². The van der Waals surface area contributed by atoms with Crippen LogP contribution in [-0.4, -0.2) is 39.6 Å². The van der Waals surface area contributed by atoms with Crippen molar-refractivity contribution in [1.29, 1.82) is 0 Å². The Bertz CT molecular complexity index is 1100. The van der Waals surface area contributed by atoms with Crippen molar-refractivity contribution in [2.24, 2.45) is 13.0 Å². The van der Waals surface area contributed by atoms with Crippen LogP contribution in [0.3, 0.4) is 0 Å². The number of hydrogen-bond donors (Lipinski definition) is 1. The van der Waals surface area contributed by atoms with E-state index in [0.717, 1.165) is 24.1 Å². The second-order valence-electron chi connectivity index (χ2n) is 8.73. The van der Waals surface area contributed by atoms with Crippen LogP contribution in [0, 0.1) is 11.7 Å². The predicted octanol–water partition coefficient (Wildman–Crippen LogP) is 4.40. The van der Waals surface area contributed by atoms with Crippen LogP contribution in [0.1, 0.15) is 47.3 Å². The molecule has 0 bridgehead atoms. The molecule has 0 unspecified atom stereocenters. The van der Waals surface area contributed by atoms with Crippen molar-refractivity contribution < 1.29 is 14.0 Å². The smallest absolute Gasteiger partial charge is 0.259 e. The van der Waals surface area contributed by atoms with Crippen LogP contribution >= 0.6 is 0 Å². The van der Waals surface area contributed by atoms with Crippen molar-refractivity contribution in [2.45, 2.75) is 32.1 Å². The van der Waals surface area contributed by atoms with Gasteiger partial charge in [-0.1, -0.05) is 30.3 Å². The molecule has 2 aromatic carbocycles. The Hall–Kier alpha value is -3.48. The normalized spacial score (nSPS) is 15.3. The second-order valence-corrected chi connectivity index (χ2v) is 8.73. The van der Waals surface area contributed by atoms with E-state index in [-0.39, 0.29) is 23.5 Å². The number of amides is 2. The molecule has 0 spiro atoms. The van der Waals surface area contributed by atoms with Gasteiger partial charge in [0.05, 0.1) is 17.2 Å². The molecule has 0 saturated carbocycles. The Kier molecular flexibility index (Phi) is 6.87. The molecule has 1 saturated heterocycles. The zero-order chi connectivity index (χ0) is 23.4. The lowest BCUT2D eigenvalue weighted by Crippen LogP contribution is -2.41. The molecule has 2 heterocycles. The Labute approximate surface area is 193 Å². The van der Waals surface area contributed by atoms with Gasteiger partial charge < -0.3 is 10.2 Å². The van der Waals surface area contributed by atoms with Gasteiger partial charge in [-0.2, -0.15) is 5.10 Å². The van der Waals surface area contributed by atoms with Crippen molar-refractivity contribution in [1.82, 2.24) is 14.7 Å². The van der Waals surface area contributed by atoms with Crippen molar-refractivity contribution in [3.05, 3.63) is 83.4 Å². The number of likely N-dealkylation sites (tertiary alicyclic amines) is 1. The highest BCUT2D eigenvalue weighted by molar-refractivity contribution is 6.04. The Morgan fingerprint density at radius 3 is 2.42 bits per heavy atom. The molecule has 1 atom stereocenters. The van der Waals surface area contributed by atoms with E-state index in [4.69, 9.17) is 0 Å². The fraction of sp³-hybridized carbons (Fsp3) is 0.346. The van der Waals surface area contributed by atoms with Gasteiger partial charge in [0, 0.05) is 32.0 Å². The molecule has 3 aromatic rings. The molecule has 0 radical (unpaired) electrons. The minimum absolute atomic E-state index is 0.152. The number of halogens is 1. The lowest BCUT2D eigenvalue weighted by atomic mass is 9.90. The molecule has 1 aromatic heterocycles. The van der Waals surface area contributed by atoms with Crippen molar-refractivity contribution in [3.8, 4) is 0 Å². The summed E-state index contributed by atoms with van der Waals surface area (Å²) >= 11 is 0. The number of carbonyl (C=O) groups excluding carboxylic acids is 2. The third kappa shape index (κ3) is 5.48. The maximum Gasteiger partial charge on any atom is 0.259 e. The topological polar surface area (TPSA) is 67.2 Å². The second kappa shape index (κ2) is 9.98. The van der Waals surface area contributed by atoms with Gasteiger partial charge in [-0.15, -0.1) is 0 Å². The minimum atomic E-state index is -0.349. The Morgan fingerprint density at radius 1 is 1.09 bits per heavy atom. The fourth-order valence-electron chi connectivity index (χ4n) is 4.40. The zero-order valence-electron chi connectivity index (χ0n) is 19.0. The molecule has 1 aliphatic rings. The number of benzene rings is 2. The molecular weight excluding hydrogens is 419 g/mol. The predicted molar refractivity (Wildman–Crippen MR) is 125 cm³/mol. The first kappa shape index (κ1) is 22.7. The van der Waals surface area contributed by atoms with E-state index in [1.165, 1.54) is 24.3 Å². The number of rotatable bonds is 6. The van der Waals surface area contributed by atoms with Crippen LogP contribution < -0.4 is 5.32 Å². The average Bonchev–Trinajstić information content (AvgIpc) is 3.20. The standard InChI is InChI=1S/C26H29FN4O2/c1-18(20-6-4-3-5-7-20)26(33)31-14-12-19(13-15-31)16-24-23(17-30(2)29-24)25(32)28-22-10-8-21(27)9-11-22/h3-11,17-19H,12-16H2,1-2H3,(H,28,32)/t18-/m1/s1. The van der Waals surface area contributed by atoms with E-state index in [2.05, 4.69) is 10.4 Å². The Morgan fingerprint density at radius 2 is 1.76 bits per heavy atom. The maximum atomic E-state index is 13.1. The lowest BCUT2D eigenvalue weighted by molar-refractivity contribution is -0.133. The molecule has 2 amide bonds. The molecule has 0 aliphatic carbocycles. The zero-order valence-corrected chi connectivity index (χ0v) is 19.0. The van der Waals surface area contributed by atoms with Crippen LogP contribution in [-0.2, 0) is 18.3 Å². The number of nitrogens with one attached hydrogen (secondary N) is 1. The van der Waals surface area contributed by atoms with Crippen LogP contribution in [0.2, 0.25) is 0 Å². The monoisotopic (exact) mass is 448 g/mol. The lowest BCUT2D eigenvalue weighted by Gasteiger charge is -2.33. The van der Waals surface area contributed by atoms with Gasteiger partial charge in [0.25, 0.3) is 5.91 Å². The third-order valence-corrected chi connectivity index (χ3v) is 6.33.